The lowest BCUT2D eigenvalue weighted by atomic mass is 10.0. The molecular weight excluding hydrogens is 410 g/mol. The van der Waals surface area contributed by atoms with E-state index in [-0.39, 0.29) is 17.1 Å². The van der Waals surface area contributed by atoms with E-state index in [2.05, 4.69) is 14.7 Å². The van der Waals surface area contributed by atoms with Gasteiger partial charge < -0.3 is 18.9 Å². The van der Waals surface area contributed by atoms with Crippen molar-refractivity contribution < 1.29 is 27.7 Å². The molecule has 162 valence electrons. The Morgan fingerprint density at radius 2 is 2.00 bits per heavy atom. The Balaban J connectivity index is 1.68. The van der Waals surface area contributed by atoms with Crippen molar-refractivity contribution in [1.29, 1.82) is 5.26 Å². The lowest BCUT2D eigenvalue weighted by Gasteiger charge is -2.26. The Kier molecular flexibility index (Phi) is 6.16. The van der Waals surface area contributed by atoms with E-state index in [1.165, 1.54) is 13.2 Å². The Hall–Kier alpha value is -3.42. The van der Waals surface area contributed by atoms with E-state index in [1.54, 1.807) is 29.0 Å². The first kappa shape index (κ1) is 20.8. The molecule has 0 aliphatic carbocycles. The van der Waals surface area contributed by atoms with Crippen molar-refractivity contribution in [3.8, 4) is 34.4 Å². The van der Waals surface area contributed by atoms with Crippen LogP contribution in [0.1, 0.15) is 5.56 Å². The Bertz CT molecular complexity index is 1110. The van der Waals surface area contributed by atoms with Crippen LogP contribution in [-0.4, -0.2) is 61.3 Å². The zero-order chi connectivity index (χ0) is 21.8. The third-order valence-corrected chi connectivity index (χ3v) is 4.94. The smallest absolute Gasteiger partial charge is 0.387 e. The van der Waals surface area contributed by atoms with E-state index in [0.717, 1.165) is 13.1 Å². The third-order valence-electron chi connectivity index (χ3n) is 4.94. The third kappa shape index (κ3) is 4.52. The van der Waals surface area contributed by atoms with Crippen LogP contribution in [0.15, 0.2) is 36.7 Å². The number of morpholine rings is 1. The molecule has 3 aromatic rings. The van der Waals surface area contributed by atoms with Gasteiger partial charge in [0.15, 0.2) is 0 Å². The molecule has 0 unspecified atom stereocenters. The van der Waals surface area contributed by atoms with Gasteiger partial charge in [-0.2, -0.15) is 19.1 Å². The quantitative estimate of drug-likeness (QED) is 0.570. The number of aromatic nitrogens is 2. The summed E-state index contributed by atoms with van der Waals surface area (Å²) in [6.07, 6.45) is 3.36. The maximum atomic E-state index is 12.9. The van der Waals surface area contributed by atoms with Crippen LogP contribution in [0.5, 0.6) is 17.2 Å². The highest BCUT2D eigenvalue weighted by molar-refractivity contribution is 5.83. The monoisotopic (exact) mass is 430 g/mol. The van der Waals surface area contributed by atoms with Crippen LogP contribution < -0.4 is 14.2 Å². The number of alkyl halides is 2. The number of fused-ring (bicyclic) bond motifs is 1. The number of halogens is 2. The molecule has 8 nitrogen and oxygen atoms in total. The molecule has 1 aliphatic rings. The zero-order valence-corrected chi connectivity index (χ0v) is 16.8. The lowest BCUT2D eigenvalue weighted by molar-refractivity contribution is -0.0500. The van der Waals surface area contributed by atoms with Crippen molar-refractivity contribution in [2.75, 3.05) is 40.1 Å². The summed E-state index contributed by atoms with van der Waals surface area (Å²) in [5.41, 5.74) is 1.78. The molecular formula is C21H20F2N4O4. The number of hydrogen-bond donors (Lipinski definition) is 0. The molecule has 0 atom stereocenters. The lowest BCUT2D eigenvalue weighted by Crippen LogP contribution is -2.38. The van der Waals surface area contributed by atoms with Gasteiger partial charge in [-0.25, -0.2) is 4.52 Å². The van der Waals surface area contributed by atoms with Crippen molar-refractivity contribution in [2.24, 2.45) is 0 Å². The molecule has 0 bridgehead atoms. The van der Waals surface area contributed by atoms with E-state index in [9.17, 15) is 14.0 Å². The van der Waals surface area contributed by atoms with Crippen LogP contribution in [0, 0.1) is 11.3 Å². The molecule has 0 amide bonds. The van der Waals surface area contributed by atoms with Crippen LogP contribution >= 0.6 is 0 Å². The SMILES string of the molecule is COc1cc(-c2cnn3ccc(OCN4CCOCC4)cc23)cc(OC(F)F)c1C#N. The molecule has 1 fully saturated rings. The second kappa shape index (κ2) is 9.16. The molecule has 1 aromatic carbocycles. The van der Waals surface area contributed by atoms with Gasteiger partial charge in [0, 0.05) is 30.9 Å². The van der Waals surface area contributed by atoms with Crippen molar-refractivity contribution in [3.05, 3.63) is 42.2 Å². The van der Waals surface area contributed by atoms with Crippen LogP contribution in [-0.2, 0) is 4.74 Å². The number of methoxy groups -OCH3 is 1. The van der Waals surface area contributed by atoms with Gasteiger partial charge in [0.1, 0.15) is 35.6 Å². The number of benzene rings is 1. The van der Waals surface area contributed by atoms with Crippen molar-refractivity contribution in [1.82, 2.24) is 14.5 Å². The molecule has 10 heteroatoms. The molecule has 1 saturated heterocycles. The molecule has 4 rings (SSSR count). The second-order valence-electron chi connectivity index (χ2n) is 6.80. The van der Waals surface area contributed by atoms with Crippen LogP contribution in [0.3, 0.4) is 0 Å². The summed E-state index contributed by atoms with van der Waals surface area (Å²) in [6.45, 7) is 0.324. The Morgan fingerprint density at radius 3 is 2.71 bits per heavy atom. The minimum atomic E-state index is -3.07. The normalized spacial score (nSPS) is 14.5. The first-order valence-electron chi connectivity index (χ1n) is 9.56. The number of nitrogens with zero attached hydrogens (tertiary/aromatic N) is 4. The first-order valence-corrected chi connectivity index (χ1v) is 9.56. The highest BCUT2D eigenvalue weighted by Crippen LogP contribution is 2.37. The average molecular weight is 430 g/mol. The topological polar surface area (TPSA) is 81.2 Å². The maximum Gasteiger partial charge on any atom is 0.387 e. The van der Waals surface area contributed by atoms with Gasteiger partial charge in [0.2, 0.25) is 0 Å². The number of rotatable bonds is 7. The predicted molar refractivity (Wildman–Crippen MR) is 106 cm³/mol. The summed E-state index contributed by atoms with van der Waals surface area (Å²) < 4.78 is 48.4. The van der Waals surface area contributed by atoms with Crippen molar-refractivity contribution >= 4 is 5.52 Å². The largest absolute Gasteiger partial charge is 0.495 e. The van der Waals surface area contributed by atoms with Crippen LogP contribution in [0.4, 0.5) is 8.78 Å². The van der Waals surface area contributed by atoms with Crippen molar-refractivity contribution in [3.63, 3.8) is 0 Å². The molecule has 3 heterocycles. The maximum absolute atomic E-state index is 12.9. The fourth-order valence-corrected chi connectivity index (χ4v) is 3.38. The summed E-state index contributed by atoms with van der Waals surface area (Å²) in [5.74, 6) is 0.519. The van der Waals surface area contributed by atoms with Gasteiger partial charge in [-0.1, -0.05) is 0 Å². The molecule has 31 heavy (non-hydrogen) atoms. The zero-order valence-electron chi connectivity index (χ0n) is 16.8. The van der Waals surface area contributed by atoms with Gasteiger partial charge in [-0.15, -0.1) is 0 Å². The standard InChI is InChI=1S/C21H20F2N4O4/c1-28-19-8-14(9-20(16(19)11-24)31-21(22)23)17-12-25-27-3-2-15(10-18(17)27)30-13-26-4-6-29-7-5-26/h2-3,8-10,12,21H,4-7,13H2,1H3. The average Bonchev–Trinajstić information content (AvgIpc) is 3.20. The van der Waals surface area contributed by atoms with E-state index in [1.807, 2.05) is 12.1 Å². The molecule has 0 saturated carbocycles. The highest BCUT2D eigenvalue weighted by atomic mass is 19.3. The Morgan fingerprint density at radius 1 is 1.23 bits per heavy atom. The summed E-state index contributed by atoms with van der Waals surface area (Å²) in [6, 6.07) is 8.44. The highest BCUT2D eigenvalue weighted by Gasteiger charge is 2.19. The van der Waals surface area contributed by atoms with Gasteiger partial charge >= 0.3 is 6.61 Å². The predicted octanol–water partition coefficient (Wildman–Crippen LogP) is 3.15. The van der Waals surface area contributed by atoms with Crippen LogP contribution in [0.25, 0.3) is 16.6 Å². The first-order chi connectivity index (χ1) is 15.1. The molecule has 2 aromatic heterocycles. The fourth-order valence-electron chi connectivity index (χ4n) is 3.38. The summed E-state index contributed by atoms with van der Waals surface area (Å²) >= 11 is 0. The van der Waals surface area contributed by atoms with Gasteiger partial charge in [0.05, 0.1) is 32.0 Å². The summed E-state index contributed by atoms with van der Waals surface area (Å²) in [7, 11) is 1.36. The molecule has 0 radical (unpaired) electrons. The number of pyridine rings is 1. The molecule has 0 spiro atoms. The Labute approximate surface area is 177 Å². The van der Waals surface area contributed by atoms with E-state index in [4.69, 9.17) is 14.2 Å². The van der Waals surface area contributed by atoms with Crippen LogP contribution in [0.2, 0.25) is 0 Å². The fraction of sp³-hybridized carbons (Fsp3) is 0.333. The summed E-state index contributed by atoms with van der Waals surface area (Å²) in [4.78, 5) is 2.14. The number of hydrogen-bond acceptors (Lipinski definition) is 7. The van der Waals surface area contributed by atoms with Crippen molar-refractivity contribution in [2.45, 2.75) is 6.61 Å². The molecule has 1 aliphatic heterocycles. The van der Waals surface area contributed by atoms with E-state index >= 15 is 0 Å². The van der Waals surface area contributed by atoms with Gasteiger partial charge in [0.25, 0.3) is 0 Å². The molecule has 0 N–H and O–H groups in total. The van der Waals surface area contributed by atoms with E-state index < -0.39 is 6.61 Å². The minimum Gasteiger partial charge on any atom is -0.495 e. The van der Waals surface area contributed by atoms with Gasteiger partial charge in [-0.05, 0) is 23.8 Å². The van der Waals surface area contributed by atoms with Gasteiger partial charge in [-0.3, -0.25) is 4.90 Å². The minimum absolute atomic E-state index is 0.0995. The number of nitriles is 1. The summed E-state index contributed by atoms with van der Waals surface area (Å²) in [5, 5.41) is 13.7. The number of ether oxygens (including phenoxy) is 4. The second-order valence-corrected chi connectivity index (χ2v) is 6.80. The van der Waals surface area contributed by atoms with E-state index in [0.29, 0.717) is 42.3 Å².